The number of aliphatic carboxylic acids is 1. The molecule has 0 saturated carbocycles. The molecule has 102 valence electrons. The Labute approximate surface area is 114 Å². The third-order valence-corrected chi connectivity index (χ3v) is 2.91. The zero-order valence-electron chi connectivity index (χ0n) is 10.6. The Morgan fingerprint density at radius 1 is 1.45 bits per heavy atom. The van der Waals surface area contributed by atoms with Crippen LogP contribution in [0.2, 0.25) is 0 Å². The molecule has 7 nitrogen and oxygen atoms in total. The van der Waals surface area contributed by atoms with Crippen molar-refractivity contribution in [3.8, 4) is 6.07 Å². The number of nitrogens with zero attached hydrogens (tertiary/aromatic N) is 3. The van der Waals surface area contributed by atoms with Crippen molar-refractivity contribution in [1.29, 1.82) is 5.26 Å². The van der Waals surface area contributed by atoms with Crippen LogP contribution in [0.3, 0.4) is 0 Å². The lowest BCUT2D eigenvalue weighted by Crippen LogP contribution is -2.37. The zero-order valence-corrected chi connectivity index (χ0v) is 10.6. The Morgan fingerprint density at radius 2 is 2.10 bits per heavy atom. The molecule has 1 aromatic rings. The number of nitriles is 1. The predicted octanol–water partition coefficient (Wildman–Crippen LogP) is 0.751. The van der Waals surface area contributed by atoms with E-state index in [1.54, 1.807) is 31.3 Å². The van der Waals surface area contributed by atoms with Crippen LogP contribution in [-0.2, 0) is 14.4 Å². The van der Waals surface area contributed by atoms with Crippen LogP contribution in [0.4, 0.5) is 5.69 Å². The van der Waals surface area contributed by atoms with Gasteiger partial charge >= 0.3 is 5.97 Å². The fourth-order valence-corrected chi connectivity index (χ4v) is 1.74. The maximum atomic E-state index is 12.1. The lowest BCUT2D eigenvalue weighted by atomic mass is 10.1. The molecule has 1 unspecified atom stereocenters. The third kappa shape index (κ3) is 2.59. The van der Waals surface area contributed by atoms with Crippen LogP contribution in [0, 0.1) is 11.3 Å². The summed E-state index contributed by atoms with van der Waals surface area (Å²) in [7, 11) is 1.55. The molecule has 7 heteroatoms. The monoisotopic (exact) mass is 273 g/mol. The van der Waals surface area contributed by atoms with Crippen LogP contribution in [-0.4, -0.2) is 35.8 Å². The Bertz CT molecular complexity index is 615. The Morgan fingerprint density at radius 3 is 2.60 bits per heavy atom. The highest BCUT2D eigenvalue weighted by molar-refractivity contribution is 6.36. The number of carbonyl (C=O) groups is 2. The molecular formula is C13H11N3O4. The molecule has 1 aliphatic heterocycles. The number of amides is 1. The van der Waals surface area contributed by atoms with Crippen molar-refractivity contribution >= 4 is 23.3 Å². The van der Waals surface area contributed by atoms with E-state index in [2.05, 4.69) is 5.16 Å². The first kappa shape index (κ1) is 13.5. The highest BCUT2D eigenvalue weighted by Crippen LogP contribution is 2.19. The fourth-order valence-electron chi connectivity index (χ4n) is 1.74. The van der Waals surface area contributed by atoms with Gasteiger partial charge in [0.25, 0.3) is 5.91 Å². The van der Waals surface area contributed by atoms with E-state index in [1.807, 2.05) is 6.07 Å². The Balaban J connectivity index is 2.06. The van der Waals surface area contributed by atoms with E-state index in [-0.39, 0.29) is 12.1 Å². The molecule has 1 heterocycles. The van der Waals surface area contributed by atoms with Gasteiger partial charge in [0.1, 0.15) is 0 Å². The van der Waals surface area contributed by atoms with Crippen LogP contribution < -0.4 is 4.90 Å². The smallest absolute Gasteiger partial charge is 0.353 e. The average Bonchev–Trinajstić information content (AvgIpc) is 2.96. The summed E-state index contributed by atoms with van der Waals surface area (Å²) in [6.45, 7) is 0. The molecule has 0 radical (unpaired) electrons. The molecule has 0 saturated heterocycles. The number of hydrogen-bond donors (Lipinski definition) is 1. The normalized spacial score (nSPS) is 16.8. The lowest BCUT2D eigenvalue weighted by molar-refractivity contribution is -0.129. The molecule has 0 bridgehead atoms. The summed E-state index contributed by atoms with van der Waals surface area (Å²) in [6.07, 6.45) is -0.990. The number of benzene rings is 1. The topological polar surface area (TPSA) is 103 Å². The van der Waals surface area contributed by atoms with Gasteiger partial charge in [0, 0.05) is 19.2 Å². The Hall–Kier alpha value is -2.88. The van der Waals surface area contributed by atoms with Crippen molar-refractivity contribution in [2.75, 3.05) is 11.9 Å². The van der Waals surface area contributed by atoms with Crippen molar-refractivity contribution in [2.24, 2.45) is 5.16 Å². The van der Waals surface area contributed by atoms with Crippen LogP contribution in [0.1, 0.15) is 12.0 Å². The maximum absolute atomic E-state index is 12.1. The minimum absolute atomic E-state index is 0.0607. The second-order valence-electron chi connectivity index (χ2n) is 4.20. The number of carboxylic acids is 1. The van der Waals surface area contributed by atoms with E-state index in [1.165, 1.54) is 4.90 Å². The van der Waals surface area contributed by atoms with E-state index in [0.29, 0.717) is 11.3 Å². The van der Waals surface area contributed by atoms with Gasteiger partial charge in [-0.3, -0.25) is 4.79 Å². The van der Waals surface area contributed by atoms with E-state index in [9.17, 15) is 9.59 Å². The lowest BCUT2D eigenvalue weighted by Gasteiger charge is -2.19. The molecule has 1 aromatic carbocycles. The van der Waals surface area contributed by atoms with Gasteiger partial charge in [0.05, 0.1) is 11.6 Å². The molecule has 0 fully saturated rings. The van der Waals surface area contributed by atoms with Gasteiger partial charge in [-0.1, -0.05) is 5.16 Å². The molecule has 1 N–H and O–H groups in total. The molecule has 1 aliphatic rings. The number of oxime groups is 1. The largest absolute Gasteiger partial charge is 0.477 e. The van der Waals surface area contributed by atoms with Gasteiger partial charge in [0.2, 0.25) is 6.10 Å². The van der Waals surface area contributed by atoms with Gasteiger partial charge in [0.15, 0.2) is 5.71 Å². The average molecular weight is 273 g/mol. The van der Waals surface area contributed by atoms with Gasteiger partial charge < -0.3 is 14.8 Å². The molecule has 1 atom stereocenters. The molecule has 0 aliphatic carbocycles. The number of likely N-dealkylation sites (N-methyl/N-ethyl adjacent to an activating group) is 1. The maximum Gasteiger partial charge on any atom is 0.353 e. The number of carboxylic acid groups (broad SMARTS) is 1. The highest BCUT2D eigenvalue weighted by Gasteiger charge is 2.33. The van der Waals surface area contributed by atoms with E-state index < -0.39 is 18.0 Å². The third-order valence-electron chi connectivity index (χ3n) is 2.91. The molecular weight excluding hydrogens is 262 g/mol. The number of anilines is 1. The first-order chi connectivity index (χ1) is 9.52. The van der Waals surface area contributed by atoms with Crippen molar-refractivity contribution in [2.45, 2.75) is 12.5 Å². The minimum Gasteiger partial charge on any atom is -0.477 e. The SMILES string of the molecule is CN(C(=O)C1CC(C(=O)O)=NO1)c1ccc(C#N)cc1. The van der Waals surface area contributed by atoms with E-state index >= 15 is 0 Å². The zero-order chi connectivity index (χ0) is 14.7. The van der Waals surface area contributed by atoms with Crippen molar-refractivity contribution in [1.82, 2.24) is 0 Å². The first-order valence-corrected chi connectivity index (χ1v) is 5.76. The van der Waals surface area contributed by atoms with Crippen molar-refractivity contribution in [3.05, 3.63) is 29.8 Å². The summed E-state index contributed by atoms with van der Waals surface area (Å²) in [5, 5.41) is 20.8. The van der Waals surface area contributed by atoms with Crippen LogP contribution >= 0.6 is 0 Å². The summed E-state index contributed by atoms with van der Waals surface area (Å²) in [6, 6.07) is 8.42. The van der Waals surface area contributed by atoms with Gasteiger partial charge in [-0.2, -0.15) is 5.26 Å². The summed E-state index contributed by atoms with van der Waals surface area (Å²) in [4.78, 5) is 29.0. The summed E-state index contributed by atoms with van der Waals surface area (Å²) < 4.78 is 0. The molecule has 0 spiro atoms. The van der Waals surface area contributed by atoms with E-state index in [0.717, 1.165) is 0 Å². The molecule has 2 rings (SSSR count). The van der Waals surface area contributed by atoms with Gasteiger partial charge in [-0.05, 0) is 24.3 Å². The van der Waals surface area contributed by atoms with Crippen LogP contribution in [0.25, 0.3) is 0 Å². The second kappa shape index (κ2) is 5.40. The quantitative estimate of drug-likeness (QED) is 0.875. The van der Waals surface area contributed by atoms with Gasteiger partial charge in [-0.15, -0.1) is 0 Å². The van der Waals surface area contributed by atoms with Crippen LogP contribution in [0.15, 0.2) is 29.4 Å². The minimum atomic E-state index is -1.19. The summed E-state index contributed by atoms with van der Waals surface area (Å²) in [5.74, 6) is -1.59. The first-order valence-electron chi connectivity index (χ1n) is 5.76. The van der Waals surface area contributed by atoms with Crippen molar-refractivity contribution in [3.63, 3.8) is 0 Å². The summed E-state index contributed by atoms with van der Waals surface area (Å²) >= 11 is 0. The van der Waals surface area contributed by atoms with Crippen molar-refractivity contribution < 1.29 is 19.5 Å². The van der Waals surface area contributed by atoms with E-state index in [4.69, 9.17) is 15.2 Å². The standard InChI is InChI=1S/C13H11N3O4/c1-16(9-4-2-8(7-14)3-5-9)12(17)11-6-10(13(18)19)15-20-11/h2-5,11H,6H2,1H3,(H,18,19). The number of rotatable bonds is 3. The van der Waals surface area contributed by atoms with Gasteiger partial charge in [-0.25, -0.2) is 4.79 Å². The van der Waals surface area contributed by atoms with Crippen LogP contribution in [0.5, 0.6) is 0 Å². The predicted molar refractivity (Wildman–Crippen MR) is 69.1 cm³/mol. The molecule has 1 amide bonds. The highest BCUT2D eigenvalue weighted by atomic mass is 16.6. The number of carbonyl (C=O) groups excluding carboxylic acids is 1. The Kier molecular flexibility index (Phi) is 3.66. The molecule has 20 heavy (non-hydrogen) atoms. The second-order valence-corrected chi connectivity index (χ2v) is 4.20. The summed E-state index contributed by atoms with van der Waals surface area (Å²) in [5.41, 5.74) is 0.904. The fraction of sp³-hybridized carbons (Fsp3) is 0.231. The molecule has 0 aromatic heterocycles. The number of hydrogen-bond acceptors (Lipinski definition) is 5.